The molecule has 0 aliphatic heterocycles. The van der Waals surface area contributed by atoms with Crippen molar-refractivity contribution in [3.05, 3.63) is 35.4 Å². The quantitative estimate of drug-likeness (QED) is 0.611. The second kappa shape index (κ2) is 3.08. The molecule has 2 atom stereocenters. The molecule has 64 valence electrons. The van der Waals surface area contributed by atoms with Gasteiger partial charge in [0, 0.05) is 0 Å². The second-order valence-electron chi connectivity index (χ2n) is 3.20. The number of aliphatic hydroxyl groups is 1. The van der Waals surface area contributed by atoms with Crippen LogP contribution in [0.25, 0.3) is 0 Å². The molecule has 0 saturated carbocycles. The van der Waals surface area contributed by atoms with Gasteiger partial charge in [0.05, 0.1) is 11.5 Å². The molecule has 2 rings (SSSR count). The Labute approximate surface area is 77.0 Å². The minimum Gasteiger partial charge on any atom is -0.387 e. The minimum atomic E-state index is -0.475. The Morgan fingerprint density at radius 1 is 1.33 bits per heavy atom. The van der Waals surface area contributed by atoms with Crippen molar-refractivity contribution in [3.8, 4) is 0 Å². The maximum absolute atomic E-state index is 9.70. The first-order chi connectivity index (χ1) is 5.79. The molecule has 0 heterocycles. The molecule has 0 unspecified atom stereocenters. The lowest BCUT2D eigenvalue weighted by Gasteiger charge is -2.25. The van der Waals surface area contributed by atoms with Gasteiger partial charge in [0.25, 0.3) is 0 Å². The summed E-state index contributed by atoms with van der Waals surface area (Å²) in [5.74, 6) is 0. The zero-order valence-corrected chi connectivity index (χ0v) is 7.46. The molecule has 1 aromatic rings. The third-order valence-corrected chi connectivity index (χ3v) is 2.86. The lowest BCUT2D eigenvalue weighted by Crippen LogP contribution is -2.20. The summed E-state index contributed by atoms with van der Waals surface area (Å²) in [4.78, 5) is 0. The number of alkyl halides is 1. The number of rotatable bonds is 0. The molecule has 0 spiro atoms. The summed E-state index contributed by atoms with van der Waals surface area (Å²) >= 11 is 5.94. The van der Waals surface area contributed by atoms with E-state index in [1.165, 1.54) is 5.56 Å². The smallest absolute Gasteiger partial charge is 0.0956 e. The number of hydrogen-bond donors (Lipinski definition) is 1. The number of aliphatic hydroxyl groups excluding tert-OH is 1. The van der Waals surface area contributed by atoms with E-state index in [2.05, 4.69) is 6.07 Å². The largest absolute Gasteiger partial charge is 0.387 e. The SMILES string of the molecule is O[C@@H]1c2ccccc2CC[C@H]1Cl. The van der Waals surface area contributed by atoms with Crippen LogP contribution in [0.5, 0.6) is 0 Å². The van der Waals surface area contributed by atoms with Crippen LogP contribution in [-0.2, 0) is 6.42 Å². The highest BCUT2D eigenvalue weighted by atomic mass is 35.5. The van der Waals surface area contributed by atoms with Crippen molar-refractivity contribution in [3.63, 3.8) is 0 Å². The number of halogens is 1. The first-order valence-electron chi connectivity index (χ1n) is 4.19. The third kappa shape index (κ3) is 1.23. The van der Waals surface area contributed by atoms with Crippen LogP contribution in [0.3, 0.4) is 0 Å². The van der Waals surface area contributed by atoms with E-state index in [-0.39, 0.29) is 5.38 Å². The maximum Gasteiger partial charge on any atom is 0.0956 e. The lowest BCUT2D eigenvalue weighted by atomic mass is 9.89. The molecule has 1 aliphatic carbocycles. The van der Waals surface area contributed by atoms with Crippen molar-refractivity contribution in [2.45, 2.75) is 24.3 Å². The summed E-state index contributed by atoms with van der Waals surface area (Å²) in [6.07, 6.45) is 1.39. The second-order valence-corrected chi connectivity index (χ2v) is 3.76. The first-order valence-corrected chi connectivity index (χ1v) is 4.62. The van der Waals surface area contributed by atoms with Crippen LogP contribution < -0.4 is 0 Å². The van der Waals surface area contributed by atoms with Gasteiger partial charge in [0.15, 0.2) is 0 Å². The number of fused-ring (bicyclic) bond motifs is 1. The molecule has 0 amide bonds. The van der Waals surface area contributed by atoms with Crippen LogP contribution in [0.4, 0.5) is 0 Å². The third-order valence-electron chi connectivity index (χ3n) is 2.41. The van der Waals surface area contributed by atoms with Gasteiger partial charge < -0.3 is 5.11 Å². The molecule has 0 bridgehead atoms. The monoisotopic (exact) mass is 182 g/mol. The summed E-state index contributed by atoms with van der Waals surface area (Å²) in [7, 11) is 0. The van der Waals surface area contributed by atoms with E-state index in [4.69, 9.17) is 11.6 Å². The minimum absolute atomic E-state index is 0.111. The molecule has 1 aliphatic rings. The van der Waals surface area contributed by atoms with Gasteiger partial charge in [-0.3, -0.25) is 0 Å². The summed E-state index contributed by atoms with van der Waals surface area (Å²) in [5.41, 5.74) is 2.24. The average Bonchev–Trinajstić information content (AvgIpc) is 2.12. The predicted octanol–water partition coefficient (Wildman–Crippen LogP) is 2.27. The van der Waals surface area contributed by atoms with Crippen LogP contribution in [0, 0.1) is 0 Å². The molecule has 2 heteroatoms. The molecule has 1 aromatic carbocycles. The Bertz CT molecular complexity index is 285. The summed E-state index contributed by atoms with van der Waals surface area (Å²) in [6.45, 7) is 0. The highest BCUT2D eigenvalue weighted by molar-refractivity contribution is 6.21. The average molecular weight is 183 g/mol. The predicted molar refractivity (Wildman–Crippen MR) is 49.4 cm³/mol. The maximum atomic E-state index is 9.70. The van der Waals surface area contributed by atoms with E-state index in [1.54, 1.807) is 0 Å². The fraction of sp³-hybridized carbons (Fsp3) is 0.400. The molecular formula is C10H11ClO. The van der Waals surface area contributed by atoms with E-state index < -0.39 is 6.10 Å². The number of aryl methyl sites for hydroxylation is 1. The molecule has 0 radical (unpaired) electrons. The van der Waals surface area contributed by atoms with Crippen LogP contribution in [0.15, 0.2) is 24.3 Å². The molecular weight excluding hydrogens is 172 g/mol. The van der Waals surface area contributed by atoms with E-state index in [0.29, 0.717) is 0 Å². The fourth-order valence-corrected chi connectivity index (χ4v) is 1.94. The van der Waals surface area contributed by atoms with Crippen LogP contribution in [-0.4, -0.2) is 10.5 Å². The van der Waals surface area contributed by atoms with Gasteiger partial charge in [-0.25, -0.2) is 0 Å². The highest BCUT2D eigenvalue weighted by Gasteiger charge is 2.25. The van der Waals surface area contributed by atoms with Crippen molar-refractivity contribution in [1.82, 2.24) is 0 Å². The Balaban J connectivity index is 2.42. The van der Waals surface area contributed by atoms with Crippen molar-refractivity contribution in [2.75, 3.05) is 0 Å². The molecule has 0 aromatic heterocycles. The Hall–Kier alpha value is -0.530. The Morgan fingerprint density at radius 3 is 2.92 bits per heavy atom. The van der Waals surface area contributed by atoms with Gasteiger partial charge in [-0.2, -0.15) is 0 Å². The van der Waals surface area contributed by atoms with Gasteiger partial charge in [-0.1, -0.05) is 24.3 Å². The molecule has 12 heavy (non-hydrogen) atoms. The normalized spacial score (nSPS) is 28.2. The highest BCUT2D eigenvalue weighted by Crippen LogP contribution is 2.32. The van der Waals surface area contributed by atoms with Gasteiger partial charge in [-0.15, -0.1) is 11.6 Å². The number of hydrogen-bond acceptors (Lipinski definition) is 1. The fourth-order valence-electron chi connectivity index (χ4n) is 1.70. The van der Waals surface area contributed by atoms with Gasteiger partial charge in [-0.05, 0) is 24.0 Å². The van der Waals surface area contributed by atoms with Gasteiger partial charge in [0.2, 0.25) is 0 Å². The molecule has 0 fully saturated rings. The number of benzene rings is 1. The van der Waals surface area contributed by atoms with Crippen molar-refractivity contribution in [2.24, 2.45) is 0 Å². The lowest BCUT2D eigenvalue weighted by molar-refractivity contribution is 0.161. The van der Waals surface area contributed by atoms with Gasteiger partial charge in [0.1, 0.15) is 0 Å². The van der Waals surface area contributed by atoms with Gasteiger partial charge >= 0.3 is 0 Å². The Morgan fingerprint density at radius 2 is 2.08 bits per heavy atom. The van der Waals surface area contributed by atoms with Crippen LogP contribution >= 0.6 is 11.6 Å². The zero-order chi connectivity index (χ0) is 8.55. The summed E-state index contributed by atoms with van der Waals surface area (Å²) < 4.78 is 0. The topological polar surface area (TPSA) is 20.2 Å². The van der Waals surface area contributed by atoms with Crippen LogP contribution in [0.1, 0.15) is 23.7 Å². The van der Waals surface area contributed by atoms with Crippen molar-refractivity contribution >= 4 is 11.6 Å². The van der Waals surface area contributed by atoms with Crippen LogP contribution in [0.2, 0.25) is 0 Å². The van der Waals surface area contributed by atoms with E-state index >= 15 is 0 Å². The molecule has 0 saturated heterocycles. The Kier molecular flexibility index (Phi) is 2.07. The zero-order valence-electron chi connectivity index (χ0n) is 6.70. The van der Waals surface area contributed by atoms with E-state index in [9.17, 15) is 5.11 Å². The first kappa shape index (κ1) is 8.09. The summed E-state index contributed by atoms with van der Waals surface area (Å²) in [5, 5.41) is 9.59. The molecule has 1 nitrogen and oxygen atoms in total. The van der Waals surface area contributed by atoms with E-state index in [1.807, 2.05) is 18.2 Å². The standard InChI is InChI=1S/C10H11ClO/c11-9-6-5-7-3-1-2-4-8(7)10(9)12/h1-4,9-10,12H,5-6H2/t9-,10-/m1/s1. The van der Waals surface area contributed by atoms with Crippen molar-refractivity contribution < 1.29 is 5.11 Å². The van der Waals surface area contributed by atoms with E-state index in [0.717, 1.165) is 18.4 Å². The molecule has 1 N–H and O–H groups in total. The van der Waals surface area contributed by atoms with Crippen molar-refractivity contribution in [1.29, 1.82) is 0 Å². The summed E-state index contributed by atoms with van der Waals surface area (Å²) in [6, 6.07) is 7.95.